The van der Waals surface area contributed by atoms with E-state index in [1.54, 1.807) is 0 Å². The first kappa shape index (κ1) is 10.9. The predicted molar refractivity (Wildman–Crippen MR) is 81.0 cm³/mol. The summed E-state index contributed by atoms with van der Waals surface area (Å²) in [6, 6.07) is 16.5. The van der Waals surface area contributed by atoms with Gasteiger partial charge in [-0.2, -0.15) is 0 Å². The van der Waals surface area contributed by atoms with Crippen LogP contribution >= 0.6 is 11.6 Å². The van der Waals surface area contributed by atoms with Gasteiger partial charge in [-0.15, -0.1) is 0 Å². The molecule has 0 bridgehead atoms. The normalized spacial score (nSPS) is 11.7. The number of benzene rings is 3. The van der Waals surface area contributed by atoms with Gasteiger partial charge in [0.2, 0.25) is 0 Å². The average molecular weight is 267 g/mol. The summed E-state index contributed by atoms with van der Waals surface area (Å²) in [6.07, 6.45) is 0. The van der Waals surface area contributed by atoms with Gasteiger partial charge in [0.25, 0.3) is 0 Å². The Kier molecular flexibility index (Phi) is 2.15. The fourth-order valence-electron chi connectivity index (χ4n) is 2.70. The van der Waals surface area contributed by atoms with Crippen LogP contribution in [0.15, 0.2) is 52.9 Å². The van der Waals surface area contributed by atoms with Crippen LogP contribution in [0, 0.1) is 6.92 Å². The average Bonchev–Trinajstić information content (AvgIpc) is 2.80. The zero-order valence-electron chi connectivity index (χ0n) is 10.4. The third kappa shape index (κ3) is 1.48. The Labute approximate surface area is 115 Å². The van der Waals surface area contributed by atoms with Gasteiger partial charge in [-0.25, -0.2) is 0 Å². The van der Waals surface area contributed by atoms with E-state index in [-0.39, 0.29) is 0 Å². The quantitative estimate of drug-likeness (QED) is 0.398. The molecule has 3 aromatic carbocycles. The van der Waals surface area contributed by atoms with Gasteiger partial charge in [-0.1, -0.05) is 41.9 Å². The second-order valence-corrected chi connectivity index (χ2v) is 5.27. The highest BCUT2D eigenvalue weighted by Gasteiger charge is 2.12. The molecule has 0 spiro atoms. The lowest BCUT2D eigenvalue weighted by molar-refractivity contribution is 0.669. The van der Waals surface area contributed by atoms with E-state index >= 15 is 0 Å². The van der Waals surface area contributed by atoms with Crippen LogP contribution in [0.4, 0.5) is 0 Å². The van der Waals surface area contributed by atoms with Crippen molar-refractivity contribution in [3.63, 3.8) is 0 Å². The topological polar surface area (TPSA) is 13.1 Å². The van der Waals surface area contributed by atoms with Crippen molar-refractivity contribution in [2.24, 2.45) is 0 Å². The monoisotopic (exact) mass is 266 g/mol. The highest BCUT2D eigenvalue weighted by atomic mass is 35.5. The largest absolute Gasteiger partial charge is 0.454 e. The van der Waals surface area contributed by atoms with Crippen molar-refractivity contribution in [3.8, 4) is 0 Å². The third-order valence-electron chi connectivity index (χ3n) is 3.65. The summed E-state index contributed by atoms with van der Waals surface area (Å²) >= 11 is 6.24. The van der Waals surface area contributed by atoms with E-state index in [9.17, 15) is 0 Å². The van der Waals surface area contributed by atoms with Crippen LogP contribution in [0.2, 0.25) is 5.02 Å². The second-order valence-electron chi connectivity index (χ2n) is 4.87. The molecule has 0 unspecified atom stereocenters. The van der Waals surface area contributed by atoms with Gasteiger partial charge in [0.1, 0.15) is 5.58 Å². The van der Waals surface area contributed by atoms with E-state index in [0.29, 0.717) is 5.02 Å². The van der Waals surface area contributed by atoms with Crippen molar-refractivity contribution in [1.82, 2.24) is 0 Å². The van der Waals surface area contributed by atoms with Crippen molar-refractivity contribution in [3.05, 3.63) is 59.1 Å². The molecule has 0 saturated carbocycles. The first-order valence-electron chi connectivity index (χ1n) is 6.24. The van der Waals surface area contributed by atoms with Crippen LogP contribution in [0.3, 0.4) is 0 Å². The molecule has 1 nitrogen and oxygen atoms in total. The minimum atomic E-state index is 0.667. The van der Waals surface area contributed by atoms with E-state index in [1.807, 2.05) is 18.2 Å². The first-order chi connectivity index (χ1) is 9.24. The van der Waals surface area contributed by atoms with Crippen LogP contribution in [0.25, 0.3) is 32.7 Å². The number of hydrogen-bond donors (Lipinski definition) is 0. The maximum atomic E-state index is 6.24. The summed E-state index contributed by atoms with van der Waals surface area (Å²) < 4.78 is 5.94. The molecule has 0 atom stereocenters. The van der Waals surface area contributed by atoms with Crippen molar-refractivity contribution >= 4 is 44.3 Å². The first-order valence-corrected chi connectivity index (χ1v) is 6.62. The Bertz CT molecular complexity index is 934. The second kappa shape index (κ2) is 3.75. The molecule has 0 radical (unpaired) electrons. The van der Waals surface area contributed by atoms with E-state index in [2.05, 4.69) is 37.3 Å². The van der Waals surface area contributed by atoms with Gasteiger partial charge in [-0.3, -0.25) is 0 Å². The molecular weight excluding hydrogens is 256 g/mol. The molecule has 0 fully saturated rings. The van der Waals surface area contributed by atoms with Crippen molar-refractivity contribution in [2.75, 3.05) is 0 Å². The maximum absolute atomic E-state index is 6.24. The van der Waals surface area contributed by atoms with E-state index < -0.39 is 0 Å². The van der Waals surface area contributed by atoms with Crippen LogP contribution < -0.4 is 0 Å². The van der Waals surface area contributed by atoms with Gasteiger partial charge in [0.15, 0.2) is 5.58 Å². The molecule has 0 amide bonds. The van der Waals surface area contributed by atoms with Gasteiger partial charge in [0.05, 0.1) is 5.02 Å². The highest BCUT2D eigenvalue weighted by Crippen LogP contribution is 2.37. The fraction of sp³-hybridized carbons (Fsp3) is 0.0588. The zero-order valence-corrected chi connectivity index (χ0v) is 11.2. The number of furan rings is 1. The molecule has 19 heavy (non-hydrogen) atoms. The molecule has 4 aromatic rings. The molecule has 0 aliphatic heterocycles. The minimum Gasteiger partial charge on any atom is -0.454 e. The summed E-state index contributed by atoms with van der Waals surface area (Å²) in [7, 11) is 0. The van der Waals surface area contributed by atoms with Gasteiger partial charge < -0.3 is 4.42 Å². The smallest absolute Gasteiger partial charge is 0.154 e. The highest BCUT2D eigenvalue weighted by molar-refractivity contribution is 6.36. The molecular formula is C17H11ClO. The van der Waals surface area contributed by atoms with E-state index in [0.717, 1.165) is 21.9 Å². The minimum absolute atomic E-state index is 0.667. The van der Waals surface area contributed by atoms with Crippen LogP contribution in [0.5, 0.6) is 0 Å². The summed E-state index contributed by atoms with van der Waals surface area (Å²) in [5.41, 5.74) is 2.87. The lowest BCUT2D eigenvalue weighted by Gasteiger charge is -1.98. The van der Waals surface area contributed by atoms with E-state index in [1.165, 1.54) is 16.3 Å². The molecule has 2 heteroatoms. The Balaban J connectivity index is 2.30. The molecule has 0 N–H and O–H groups in total. The summed E-state index contributed by atoms with van der Waals surface area (Å²) in [4.78, 5) is 0. The Morgan fingerprint density at radius 3 is 2.47 bits per heavy atom. The summed E-state index contributed by atoms with van der Waals surface area (Å²) in [5.74, 6) is 0. The van der Waals surface area contributed by atoms with Gasteiger partial charge in [0, 0.05) is 10.8 Å². The molecule has 92 valence electrons. The fourth-order valence-corrected chi connectivity index (χ4v) is 2.90. The zero-order chi connectivity index (χ0) is 13.0. The van der Waals surface area contributed by atoms with Crippen molar-refractivity contribution in [2.45, 2.75) is 6.92 Å². The van der Waals surface area contributed by atoms with Crippen LogP contribution in [-0.4, -0.2) is 0 Å². The molecule has 0 aliphatic rings. The Morgan fingerprint density at radius 1 is 0.947 bits per heavy atom. The number of halogens is 1. The summed E-state index contributed by atoms with van der Waals surface area (Å²) in [6.45, 7) is 2.09. The summed E-state index contributed by atoms with van der Waals surface area (Å²) in [5, 5.41) is 5.32. The van der Waals surface area contributed by atoms with Crippen LogP contribution in [0.1, 0.15) is 5.56 Å². The lowest BCUT2D eigenvalue weighted by atomic mass is 10.0. The number of hydrogen-bond acceptors (Lipinski definition) is 1. The number of fused-ring (bicyclic) bond motifs is 4. The maximum Gasteiger partial charge on any atom is 0.154 e. The van der Waals surface area contributed by atoms with E-state index in [4.69, 9.17) is 16.0 Å². The number of rotatable bonds is 0. The standard InChI is InChI=1S/C17H11ClO/c1-10-6-7-14(18)17-16(10)13-8-11-4-2-3-5-12(11)9-15(13)19-17/h2-9H,1H3. The van der Waals surface area contributed by atoms with Crippen molar-refractivity contribution < 1.29 is 4.42 Å². The third-order valence-corrected chi connectivity index (χ3v) is 3.94. The molecule has 0 saturated heterocycles. The molecule has 1 aromatic heterocycles. The Hall–Kier alpha value is -1.99. The number of aryl methyl sites for hydroxylation is 1. The van der Waals surface area contributed by atoms with Gasteiger partial charge >= 0.3 is 0 Å². The lowest BCUT2D eigenvalue weighted by Crippen LogP contribution is -1.76. The van der Waals surface area contributed by atoms with Crippen molar-refractivity contribution in [1.29, 1.82) is 0 Å². The Morgan fingerprint density at radius 2 is 1.68 bits per heavy atom. The molecule has 1 heterocycles. The molecule has 4 rings (SSSR count). The molecule has 0 aliphatic carbocycles. The van der Waals surface area contributed by atoms with Crippen LogP contribution in [-0.2, 0) is 0 Å². The SMILES string of the molecule is Cc1ccc(Cl)c2oc3cc4ccccc4cc3c12. The van der Waals surface area contributed by atoms with Gasteiger partial charge in [-0.05, 0) is 41.5 Å². The predicted octanol–water partition coefficient (Wildman–Crippen LogP) is 5.70.